The summed E-state index contributed by atoms with van der Waals surface area (Å²) >= 11 is 0. The van der Waals surface area contributed by atoms with E-state index in [1.807, 2.05) is 70.5 Å². The lowest BCUT2D eigenvalue weighted by molar-refractivity contribution is -0.124. The van der Waals surface area contributed by atoms with E-state index in [0.29, 0.717) is 52.6 Å². The Morgan fingerprint density at radius 2 is 1.00 bits per heavy atom. The van der Waals surface area contributed by atoms with Gasteiger partial charge in [-0.2, -0.15) is 0 Å². The predicted octanol–water partition coefficient (Wildman–Crippen LogP) is 0.337. The lowest BCUT2D eigenvalue weighted by atomic mass is 10.1. The third-order valence-electron chi connectivity index (χ3n) is 6.38. The second-order valence-electron chi connectivity index (χ2n) is 9.20. The fourth-order valence-electron chi connectivity index (χ4n) is 4.24. The van der Waals surface area contributed by atoms with Crippen molar-refractivity contribution >= 4 is 11.8 Å². The zero-order valence-corrected chi connectivity index (χ0v) is 21.8. The summed E-state index contributed by atoms with van der Waals surface area (Å²) in [6, 6.07) is 17.9. The van der Waals surface area contributed by atoms with Crippen molar-refractivity contribution in [1.82, 2.24) is 20.4 Å². The number of ether oxygens (including phenoxy) is 2. The van der Waals surface area contributed by atoms with Crippen LogP contribution in [-0.4, -0.2) is 111 Å². The van der Waals surface area contributed by atoms with Gasteiger partial charge in [-0.1, -0.05) is 60.7 Å². The molecule has 10 nitrogen and oxygen atoms in total. The van der Waals surface area contributed by atoms with Crippen molar-refractivity contribution in [3.05, 3.63) is 71.8 Å². The van der Waals surface area contributed by atoms with E-state index < -0.39 is 12.1 Å². The molecule has 1 aliphatic heterocycles. The SMILES string of the molecule is O=C(CN1CCOCCN(CC(=O)N[C@H](CO)c2ccccc2)CCOCC1)N[C@H](CO)c1ccccc1. The van der Waals surface area contributed by atoms with Crippen molar-refractivity contribution in [2.75, 3.05) is 78.9 Å². The minimum absolute atomic E-state index is 0.172. The summed E-state index contributed by atoms with van der Waals surface area (Å²) in [5.41, 5.74) is 1.71. The Morgan fingerprint density at radius 1 is 0.658 bits per heavy atom. The van der Waals surface area contributed by atoms with Crippen molar-refractivity contribution in [2.24, 2.45) is 0 Å². The molecule has 0 spiro atoms. The summed E-state index contributed by atoms with van der Waals surface area (Å²) in [6.45, 7) is 3.99. The smallest absolute Gasteiger partial charge is 0.234 e. The number of carbonyl (C=O) groups is 2. The summed E-state index contributed by atoms with van der Waals surface area (Å²) in [5.74, 6) is -0.345. The van der Waals surface area contributed by atoms with Gasteiger partial charge in [0.15, 0.2) is 0 Å². The van der Waals surface area contributed by atoms with Gasteiger partial charge in [0.2, 0.25) is 11.8 Å². The summed E-state index contributed by atoms with van der Waals surface area (Å²) in [6.07, 6.45) is 0. The first-order valence-corrected chi connectivity index (χ1v) is 13.1. The van der Waals surface area contributed by atoms with Crippen LogP contribution in [0.4, 0.5) is 0 Å². The molecule has 208 valence electrons. The maximum absolute atomic E-state index is 12.7. The molecule has 1 heterocycles. The molecule has 0 radical (unpaired) electrons. The molecule has 0 bridgehead atoms. The van der Waals surface area contributed by atoms with Gasteiger partial charge < -0.3 is 30.3 Å². The van der Waals surface area contributed by atoms with Gasteiger partial charge in [0.05, 0.1) is 64.8 Å². The quantitative estimate of drug-likeness (QED) is 0.348. The Bertz CT molecular complexity index is 859. The molecule has 2 amide bonds. The second-order valence-corrected chi connectivity index (χ2v) is 9.20. The molecule has 0 saturated carbocycles. The number of benzene rings is 2. The molecule has 1 saturated heterocycles. The van der Waals surface area contributed by atoms with Gasteiger partial charge in [-0.05, 0) is 11.1 Å². The number of rotatable bonds is 10. The van der Waals surface area contributed by atoms with Gasteiger partial charge in [0.1, 0.15) is 0 Å². The molecule has 4 N–H and O–H groups in total. The van der Waals surface area contributed by atoms with Gasteiger partial charge in [0.25, 0.3) is 0 Å². The number of hydrogen-bond acceptors (Lipinski definition) is 8. The van der Waals surface area contributed by atoms with Crippen molar-refractivity contribution in [3.8, 4) is 0 Å². The van der Waals surface area contributed by atoms with E-state index in [9.17, 15) is 19.8 Å². The third kappa shape index (κ3) is 10.5. The number of carbonyl (C=O) groups excluding carboxylic acids is 2. The largest absolute Gasteiger partial charge is 0.394 e. The number of aliphatic hydroxyl groups excluding tert-OH is 2. The highest BCUT2D eigenvalue weighted by atomic mass is 16.5. The Kier molecular flexibility index (Phi) is 13.2. The Labute approximate surface area is 224 Å². The lowest BCUT2D eigenvalue weighted by Gasteiger charge is -2.26. The van der Waals surface area contributed by atoms with Crippen LogP contribution in [0.5, 0.6) is 0 Å². The monoisotopic (exact) mass is 528 g/mol. The zero-order chi connectivity index (χ0) is 27.0. The summed E-state index contributed by atoms with van der Waals surface area (Å²) < 4.78 is 11.6. The van der Waals surface area contributed by atoms with E-state index in [2.05, 4.69) is 10.6 Å². The van der Waals surface area contributed by atoms with Crippen LogP contribution in [0.15, 0.2) is 60.7 Å². The first kappa shape index (κ1) is 29.7. The van der Waals surface area contributed by atoms with Crippen LogP contribution >= 0.6 is 0 Å². The van der Waals surface area contributed by atoms with Crippen LogP contribution in [0.1, 0.15) is 23.2 Å². The maximum atomic E-state index is 12.7. The van der Waals surface area contributed by atoms with E-state index >= 15 is 0 Å². The molecule has 1 aliphatic rings. The summed E-state index contributed by atoms with van der Waals surface area (Å²) in [4.78, 5) is 29.3. The van der Waals surface area contributed by atoms with Crippen LogP contribution in [0.2, 0.25) is 0 Å². The van der Waals surface area contributed by atoms with E-state index in [0.717, 1.165) is 11.1 Å². The highest BCUT2D eigenvalue weighted by Gasteiger charge is 2.19. The number of nitrogens with zero attached hydrogens (tertiary/aromatic N) is 2. The van der Waals surface area contributed by atoms with Gasteiger partial charge in [-0.15, -0.1) is 0 Å². The molecule has 10 heteroatoms. The Hall–Kier alpha value is -2.86. The first-order chi connectivity index (χ1) is 18.6. The van der Waals surface area contributed by atoms with Gasteiger partial charge in [0, 0.05) is 26.2 Å². The van der Waals surface area contributed by atoms with Crippen molar-refractivity contribution < 1.29 is 29.3 Å². The molecule has 2 aromatic carbocycles. The Balaban J connectivity index is 1.42. The second kappa shape index (κ2) is 16.9. The van der Waals surface area contributed by atoms with Crippen molar-refractivity contribution in [1.29, 1.82) is 0 Å². The fourth-order valence-corrected chi connectivity index (χ4v) is 4.24. The summed E-state index contributed by atoms with van der Waals surface area (Å²) in [5, 5.41) is 25.2. The lowest BCUT2D eigenvalue weighted by Crippen LogP contribution is -2.44. The molecule has 38 heavy (non-hydrogen) atoms. The van der Waals surface area contributed by atoms with Crippen LogP contribution in [-0.2, 0) is 19.1 Å². The van der Waals surface area contributed by atoms with Crippen LogP contribution in [0.3, 0.4) is 0 Å². The number of aliphatic hydroxyl groups is 2. The molecule has 0 aromatic heterocycles. The van der Waals surface area contributed by atoms with E-state index in [-0.39, 0.29) is 38.1 Å². The molecule has 1 fully saturated rings. The third-order valence-corrected chi connectivity index (χ3v) is 6.38. The first-order valence-electron chi connectivity index (χ1n) is 13.1. The molecule has 3 rings (SSSR count). The van der Waals surface area contributed by atoms with Gasteiger partial charge in [-0.3, -0.25) is 19.4 Å². The van der Waals surface area contributed by atoms with E-state index in [1.54, 1.807) is 0 Å². The van der Waals surface area contributed by atoms with Crippen LogP contribution < -0.4 is 10.6 Å². The molecule has 0 unspecified atom stereocenters. The average Bonchev–Trinajstić information content (AvgIpc) is 2.93. The van der Waals surface area contributed by atoms with Crippen LogP contribution in [0, 0.1) is 0 Å². The van der Waals surface area contributed by atoms with Crippen LogP contribution in [0.25, 0.3) is 0 Å². The highest BCUT2D eigenvalue weighted by Crippen LogP contribution is 2.12. The fraction of sp³-hybridized carbons (Fsp3) is 0.500. The van der Waals surface area contributed by atoms with Crippen molar-refractivity contribution in [2.45, 2.75) is 12.1 Å². The number of nitrogens with one attached hydrogen (secondary N) is 2. The summed E-state index contributed by atoms with van der Waals surface area (Å²) in [7, 11) is 0. The van der Waals surface area contributed by atoms with E-state index in [1.165, 1.54) is 0 Å². The van der Waals surface area contributed by atoms with E-state index in [4.69, 9.17) is 9.47 Å². The predicted molar refractivity (Wildman–Crippen MR) is 143 cm³/mol. The molecular weight excluding hydrogens is 488 g/mol. The minimum Gasteiger partial charge on any atom is -0.394 e. The van der Waals surface area contributed by atoms with Gasteiger partial charge >= 0.3 is 0 Å². The molecule has 2 atom stereocenters. The number of hydrogen-bond donors (Lipinski definition) is 4. The standard InChI is InChI=1S/C28H40N4O6/c33-21-25(23-7-3-1-4-8-23)29-27(35)19-31-11-15-37-17-13-32(14-18-38-16-12-31)20-28(36)30-26(22-34)24-9-5-2-6-10-24/h1-10,25-26,33-34H,11-22H2,(H,29,35)(H,30,36)/t25-,26-/m1/s1. The topological polar surface area (TPSA) is 124 Å². The van der Waals surface area contributed by atoms with Crippen molar-refractivity contribution in [3.63, 3.8) is 0 Å². The molecule has 0 aliphatic carbocycles. The molecular formula is C28H40N4O6. The Morgan fingerprint density at radius 3 is 1.32 bits per heavy atom. The minimum atomic E-state index is -0.452. The van der Waals surface area contributed by atoms with Gasteiger partial charge in [-0.25, -0.2) is 0 Å². The normalized spacial score (nSPS) is 17.9. The zero-order valence-electron chi connectivity index (χ0n) is 21.8. The highest BCUT2D eigenvalue weighted by molar-refractivity contribution is 5.79. The number of amides is 2. The molecule has 2 aromatic rings. The average molecular weight is 529 g/mol. The maximum Gasteiger partial charge on any atom is 0.234 e.